The van der Waals surface area contributed by atoms with Crippen molar-refractivity contribution >= 4 is 31.6 Å². The molecule has 0 radical (unpaired) electrons. The van der Waals surface area contributed by atoms with Gasteiger partial charge in [0.1, 0.15) is 48.6 Å². The van der Waals surface area contributed by atoms with E-state index in [2.05, 4.69) is 25.6 Å². The lowest BCUT2D eigenvalue weighted by Crippen LogP contribution is -2.48. The zero-order valence-electron chi connectivity index (χ0n) is 36.7. The van der Waals surface area contributed by atoms with Gasteiger partial charge in [0, 0.05) is 25.1 Å². The Kier molecular flexibility index (Phi) is 15.8. The van der Waals surface area contributed by atoms with Crippen LogP contribution in [0.4, 0.5) is 10.6 Å². The summed E-state index contributed by atoms with van der Waals surface area (Å²) in [6, 6.07) is 25.2. The number of ether oxygens (including phenoxy) is 2. The summed E-state index contributed by atoms with van der Waals surface area (Å²) in [6.07, 6.45) is -2.73. The molecule has 356 valence electrons. The van der Waals surface area contributed by atoms with E-state index in [0.29, 0.717) is 24.5 Å². The number of aliphatic hydroxyl groups excluding tert-OH is 2. The molecule has 3 unspecified atom stereocenters. The highest BCUT2D eigenvalue weighted by Crippen LogP contribution is 2.45. The third-order valence-corrected chi connectivity index (χ3v) is 11.9. The number of oxazole rings is 1. The number of nitrogens with two attached hydrogens (primary N) is 2. The maximum Gasteiger partial charge on any atom is 0.493 e. The lowest BCUT2D eigenvalue weighted by atomic mass is 9.98. The number of benzene rings is 3. The maximum atomic E-state index is 14.1. The van der Waals surface area contributed by atoms with Crippen molar-refractivity contribution in [3.05, 3.63) is 136 Å². The summed E-state index contributed by atoms with van der Waals surface area (Å²) >= 11 is 0. The van der Waals surface area contributed by atoms with Crippen LogP contribution in [0.15, 0.2) is 112 Å². The number of guanidine groups is 1. The molecule has 1 aliphatic carbocycles. The van der Waals surface area contributed by atoms with E-state index in [1.165, 1.54) is 12.3 Å². The molecule has 2 amide bonds. The predicted molar refractivity (Wildman–Crippen MR) is 243 cm³/mol. The first kappa shape index (κ1) is 48.5. The van der Waals surface area contributed by atoms with Crippen molar-refractivity contribution in [1.29, 1.82) is 0 Å². The largest absolute Gasteiger partial charge is 0.493 e. The van der Waals surface area contributed by atoms with Gasteiger partial charge in [-0.2, -0.15) is 9.61 Å². The lowest BCUT2D eigenvalue weighted by molar-refractivity contribution is -0.124. The number of hydrogen-bond acceptors (Lipinski definition) is 15. The van der Waals surface area contributed by atoms with Gasteiger partial charge in [-0.1, -0.05) is 92.7 Å². The number of carbonyl (C=O) groups is 2. The van der Waals surface area contributed by atoms with Gasteiger partial charge in [-0.05, 0) is 59.1 Å². The van der Waals surface area contributed by atoms with Gasteiger partial charge in [-0.3, -0.25) is 18.9 Å². The molecule has 1 saturated heterocycles. The van der Waals surface area contributed by atoms with Crippen molar-refractivity contribution in [3.63, 3.8) is 0 Å². The van der Waals surface area contributed by atoms with Crippen molar-refractivity contribution < 1.29 is 52.3 Å². The van der Waals surface area contributed by atoms with E-state index in [-0.39, 0.29) is 43.6 Å². The Morgan fingerprint density at radius 2 is 1.64 bits per heavy atom. The van der Waals surface area contributed by atoms with Crippen LogP contribution >= 0.6 is 7.82 Å². The minimum atomic E-state index is -4.92. The molecular formula is C45H54N9O12P. The van der Waals surface area contributed by atoms with Gasteiger partial charge in [-0.25, -0.2) is 24.6 Å². The van der Waals surface area contributed by atoms with Crippen molar-refractivity contribution in [1.82, 2.24) is 30.6 Å². The quantitative estimate of drug-likeness (QED) is 0.0182. The monoisotopic (exact) mass is 943 g/mol. The molecular weight excluding hydrogens is 890 g/mol. The highest BCUT2D eigenvalue weighted by Gasteiger charge is 2.45. The van der Waals surface area contributed by atoms with Gasteiger partial charge >= 0.3 is 19.6 Å². The third kappa shape index (κ3) is 12.5. The van der Waals surface area contributed by atoms with Crippen LogP contribution in [0.5, 0.6) is 0 Å². The molecule has 0 spiro atoms. The second-order valence-electron chi connectivity index (χ2n) is 16.5. The summed E-state index contributed by atoms with van der Waals surface area (Å²) in [6.45, 7) is 3.24. The normalized spacial score (nSPS) is 19.8. The fourth-order valence-corrected chi connectivity index (χ4v) is 8.52. The van der Waals surface area contributed by atoms with Crippen LogP contribution in [0.2, 0.25) is 0 Å². The number of hydrogen-bond donors (Lipinski definition) is 8. The topological polar surface area (TPSA) is 310 Å². The lowest BCUT2D eigenvalue weighted by Gasteiger charge is -2.23. The molecule has 0 bridgehead atoms. The molecule has 67 heavy (non-hydrogen) atoms. The Morgan fingerprint density at radius 1 is 0.955 bits per heavy atom. The highest BCUT2D eigenvalue weighted by molar-refractivity contribution is 7.47. The van der Waals surface area contributed by atoms with Crippen molar-refractivity contribution in [2.45, 2.75) is 82.1 Å². The van der Waals surface area contributed by atoms with Crippen molar-refractivity contribution in [2.75, 3.05) is 25.5 Å². The number of anilines is 1. The number of nitrogen functional groups attached to an aromatic ring is 1. The first-order valence-electron chi connectivity index (χ1n) is 21.6. The average Bonchev–Trinajstić information content (AvgIpc) is 3.99. The smallest absolute Gasteiger partial charge is 0.449 e. The molecule has 0 saturated carbocycles. The number of fused-ring (bicyclic) bond motifs is 3. The number of hydroxylamine groups is 1. The molecule has 5 aromatic rings. The second-order valence-corrected chi connectivity index (χ2v) is 17.9. The van der Waals surface area contributed by atoms with E-state index in [9.17, 15) is 34.1 Å². The van der Waals surface area contributed by atoms with Crippen LogP contribution < -0.4 is 33.3 Å². The molecule has 1 fully saturated rings. The molecule has 21 nitrogen and oxygen atoms in total. The number of phosphoric ester groups is 1. The van der Waals surface area contributed by atoms with Crippen LogP contribution in [-0.4, -0.2) is 91.7 Å². The molecule has 3 aromatic carbocycles. The van der Waals surface area contributed by atoms with E-state index in [0.717, 1.165) is 32.4 Å². The van der Waals surface area contributed by atoms with Gasteiger partial charge in [0.15, 0.2) is 6.23 Å². The number of alkyl carbamates (subject to hydrolysis) is 1. The Hall–Kier alpha value is -6.45. The fourth-order valence-electron chi connectivity index (χ4n) is 7.92. The zero-order chi connectivity index (χ0) is 47.7. The summed E-state index contributed by atoms with van der Waals surface area (Å²) in [7, 11) is -4.92. The van der Waals surface area contributed by atoms with E-state index in [1.807, 2.05) is 98.2 Å². The summed E-state index contributed by atoms with van der Waals surface area (Å²) in [5.41, 5.74) is 17.8. The van der Waals surface area contributed by atoms with E-state index < -0.39 is 74.7 Å². The number of amides is 2. The SMILES string of the molecule is CC(C)CC(NC(=O)C(CCCN=C(N)NOP(=O)(O)OC[C@H]1O[C@@H](n2ccc(N)nc2=O)[C@H](O)[C@@H]1O)NC(=O)OCC1c2ccccc2-c2ccccc21)c1ncc(Cc2ccccc2)o1. The Labute approximate surface area is 385 Å². The zero-order valence-corrected chi connectivity index (χ0v) is 37.6. The second kappa shape index (κ2) is 21.9. The molecule has 7 rings (SSSR count). The van der Waals surface area contributed by atoms with Crippen LogP contribution in [0.25, 0.3) is 11.1 Å². The highest BCUT2D eigenvalue weighted by atomic mass is 31.2. The number of carbonyl (C=O) groups excluding carboxylic acids is 2. The van der Waals surface area contributed by atoms with Gasteiger partial charge < -0.3 is 51.1 Å². The van der Waals surface area contributed by atoms with E-state index >= 15 is 0 Å². The summed E-state index contributed by atoms with van der Waals surface area (Å²) in [5.74, 6) is -0.163. The number of aliphatic hydroxyl groups is 2. The fraction of sp³-hybridized carbons (Fsp3) is 0.378. The third-order valence-electron chi connectivity index (χ3n) is 11.1. The predicted octanol–water partition coefficient (Wildman–Crippen LogP) is 3.57. The molecule has 1 aliphatic heterocycles. The van der Waals surface area contributed by atoms with Crippen molar-refractivity contribution in [3.8, 4) is 11.1 Å². The average molecular weight is 944 g/mol. The first-order valence-corrected chi connectivity index (χ1v) is 23.1. The number of rotatable bonds is 20. The Morgan fingerprint density at radius 3 is 2.33 bits per heavy atom. The number of aliphatic imine (C=N–C) groups is 1. The Balaban J connectivity index is 0.959. The molecule has 3 heterocycles. The summed E-state index contributed by atoms with van der Waals surface area (Å²) < 4.78 is 40.7. The molecule has 2 aromatic heterocycles. The van der Waals surface area contributed by atoms with Crippen LogP contribution in [0.3, 0.4) is 0 Å². The maximum absolute atomic E-state index is 14.1. The van der Waals surface area contributed by atoms with E-state index in [1.54, 1.807) is 6.20 Å². The van der Waals surface area contributed by atoms with Gasteiger partial charge in [0.25, 0.3) is 0 Å². The molecule has 7 atom stereocenters. The minimum absolute atomic E-state index is 0.0228. The number of nitrogens with zero attached hydrogens (tertiary/aromatic N) is 4. The molecule has 10 N–H and O–H groups in total. The van der Waals surface area contributed by atoms with Crippen LogP contribution in [-0.2, 0) is 34.4 Å². The number of phosphoric acid groups is 1. The number of aromatic nitrogens is 3. The standard InChI is InChI=1S/C45H54N9O12P/c1-26(2)21-35(41-49-23-28(64-41)22-27-11-4-3-5-12-27)50-40(57)34(51-45(59)62-24-33-31-15-8-6-13-29(31)30-14-7-9-16-32(30)33)17-10-19-48-43(47)53-66-67(60,61)63-25-36-38(55)39(56)42(65-36)54-20-18-37(46)52-44(54)58/h3-9,11-16,18,20,23,26,33-36,38-39,42,55-56H,10,17,19,21-22,24-25H2,1-2H3,(H,50,57)(H,51,59)(H,60,61)(H2,46,52,58)(H3,47,48,53)/t34?,35?,36-,38-,39-,42-/m1/s1. The van der Waals surface area contributed by atoms with Gasteiger partial charge in [0.05, 0.1) is 12.8 Å². The van der Waals surface area contributed by atoms with Gasteiger partial charge in [0.2, 0.25) is 17.8 Å². The molecule has 22 heteroatoms. The van der Waals surface area contributed by atoms with E-state index in [4.69, 9.17) is 34.5 Å². The van der Waals surface area contributed by atoms with Gasteiger partial charge in [-0.15, -0.1) is 0 Å². The Bertz CT molecular complexity index is 2580. The summed E-state index contributed by atoms with van der Waals surface area (Å²) in [4.78, 5) is 62.3. The molecule has 2 aliphatic rings. The summed E-state index contributed by atoms with van der Waals surface area (Å²) in [5, 5.41) is 26.7. The first-order chi connectivity index (χ1) is 32.2. The van der Waals surface area contributed by atoms with Crippen LogP contribution in [0.1, 0.15) is 79.6 Å². The van der Waals surface area contributed by atoms with Crippen molar-refractivity contribution in [2.24, 2.45) is 16.6 Å². The van der Waals surface area contributed by atoms with Crippen LogP contribution in [0, 0.1) is 5.92 Å². The minimum Gasteiger partial charge on any atom is -0.449 e. The number of nitrogens with one attached hydrogen (secondary N) is 3.